The monoisotopic (exact) mass is 660 g/mol. The van der Waals surface area contributed by atoms with Crippen molar-refractivity contribution in [3.8, 4) is 0 Å². The van der Waals surface area contributed by atoms with Crippen LogP contribution in [0.25, 0.3) is 11.1 Å². The van der Waals surface area contributed by atoms with E-state index in [-0.39, 0.29) is 16.8 Å². The zero-order chi connectivity index (χ0) is 35.8. The average Bonchev–Trinajstić information content (AvgIpc) is 3.05. The molecule has 4 heteroatoms. The molecule has 1 aliphatic carbocycles. The molecule has 0 amide bonds. The number of aliphatic imine (C=N–C) groups is 1. The van der Waals surface area contributed by atoms with Gasteiger partial charge >= 0.3 is 5.97 Å². The normalized spacial score (nSPS) is 16.2. The van der Waals surface area contributed by atoms with Gasteiger partial charge in [-0.05, 0) is 110 Å². The third-order valence-corrected chi connectivity index (χ3v) is 10.1. The van der Waals surface area contributed by atoms with Gasteiger partial charge in [0.25, 0.3) is 0 Å². The van der Waals surface area contributed by atoms with Crippen molar-refractivity contribution in [1.82, 2.24) is 0 Å². The van der Waals surface area contributed by atoms with Crippen LogP contribution in [0.2, 0.25) is 0 Å². The summed E-state index contributed by atoms with van der Waals surface area (Å²) in [5.74, 6) is -0.0761. The van der Waals surface area contributed by atoms with Crippen molar-refractivity contribution in [2.75, 3.05) is 31.1 Å². The Kier molecular flexibility index (Phi) is 12.5. The van der Waals surface area contributed by atoms with Crippen LogP contribution in [-0.4, -0.2) is 37.9 Å². The Bertz CT molecular complexity index is 1640. The van der Waals surface area contributed by atoms with E-state index in [1.54, 1.807) is 0 Å². The van der Waals surface area contributed by atoms with Gasteiger partial charge in [-0.3, -0.25) is 9.79 Å². The van der Waals surface area contributed by atoms with E-state index in [0.29, 0.717) is 6.61 Å². The number of aryl methyl sites for hydroxylation is 1. The lowest BCUT2D eigenvalue weighted by Crippen LogP contribution is -2.44. The number of anilines is 1. The van der Waals surface area contributed by atoms with E-state index in [1.165, 1.54) is 44.7 Å². The largest absolute Gasteiger partial charge is 0.465 e. The summed E-state index contributed by atoms with van der Waals surface area (Å²) >= 11 is 0. The smallest absolute Gasteiger partial charge is 0.312 e. The third kappa shape index (κ3) is 9.41. The van der Waals surface area contributed by atoms with Gasteiger partial charge in [0.05, 0.1) is 17.7 Å². The van der Waals surface area contributed by atoms with E-state index in [2.05, 4.69) is 159 Å². The van der Waals surface area contributed by atoms with Crippen molar-refractivity contribution in [1.29, 1.82) is 0 Å². The number of hydrogen-bond acceptors (Lipinski definition) is 4. The minimum absolute atomic E-state index is 0.0436. The highest BCUT2D eigenvalue weighted by atomic mass is 16.5. The second kappa shape index (κ2) is 16.2. The van der Waals surface area contributed by atoms with Crippen LogP contribution >= 0.6 is 0 Å². The lowest BCUT2D eigenvalue weighted by molar-refractivity contribution is -0.164. The lowest BCUT2D eigenvalue weighted by atomic mass is 9.61. The molecule has 0 heterocycles. The maximum absolute atomic E-state index is 13.3. The van der Waals surface area contributed by atoms with Crippen molar-refractivity contribution < 1.29 is 9.53 Å². The molecule has 0 saturated heterocycles. The molecule has 1 atom stereocenters. The highest BCUT2D eigenvalue weighted by Crippen LogP contribution is 2.47. The highest BCUT2D eigenvalue weighted by molar-refractivity contribution is 6.19. The summed E-state index contributed by atoms with van der Waals surface area (Å²) in [7, 11) is 0. The minimum atomic E-state index is -0.528. The topological polar surface area (TPSA) is 41.9 Å². The Morgan fingerprint density at radius 1 is 0.735 bits per heavy atom. The Morgan fingerprint density at radius 2 is 1.33 bits per heavy atom. The Hall–Kier alpha value is -3.92. The van der Waals surface area contributed by atoms with E-state index in [9.17, 15) is 4.79 Å². The molecule has 0 saturated carbocycles. The summed E-state index contributed by atoms with van der Waals surface area (Å²) in [5.41, 5.74) is 10.1. The molecule has 262 valence electrons. The number of ether oxygens (including phenoxy) is 1. The molecule has 1 aliphatic rings. The second-order valence-corrected chi connectivity index (χ2v) is 16.0. The Morgan fingerprint density at radius 3 is 1.90 bits per heavy atom. The summed E-state index contributed by atoms with van der Waals surface area (Å²) in [5, 5.41) is 0. The number of carbonyl (C=O) groups excluding carboxylic acids is 1. The Labute approximate surface area is 297 Å². The van der Waals surface area contributed by atoms with Crippen molar-refractivity contribution in [3.05, 3.63) is 113 Å². The fourth-order valence-corrected chi connectivity index (χ4v) is 6.88. The van der Waals surface area contributed by atoms with Gasteiger partial charge in [-0.15, -0.1) is 0 Å². The lowest BCUT2D eigenvalue weighted by Gasteiger charge is -2.43. The number of rotatable bonds is 13. The van der Waals surface area contributed by atoms with Gasteiger partial charge in [-0.25, -0.2) is 0 Å². The first-order valence-electron chi connectivity index (χ1n) is 18.3. The molecule has 1 unspecified atom stereocenters. The van der Waals surface area contributed by atoms with Crippen LogP contribution in [0.3, 0.4) is 0 Å². The molecule has 0 fully saturated rings. The third-order valence-electron chi connectivity index (χ3n) is 10.1. The van der Waals surface area contributed by atoms with Crippen LogP contribution in [0.15, 0.2) is 89.9 Å². The fraction of sp³-hybridized carbons (Fsp3) is 0.467. The van der Waals surface area contributed by atoms with Gasteiger partial charge in [0.15, 0.2) is 0 Å². The molecule has 0 bridgehead atoms. The molecule has 49 heavy (non-hydrogen) atoms. The summed E-state index contributed by atoms with van der Waals surface area (Å²) < 4.78 is 5.87. The quantitative estimate of drug-likeness (QED) is 0.135. The number of nitrogens with zero attached hydrogens (tertiary/aromatic N) is 2. The first kappa shape index (κ1) is 37.9. The molecule has 3 aromatic rings. The van der Waals surface area contributed by atoms with Gasteiger partial charge in [0.2, 0.25) is 0 Å². The van der Waals surface area contributed by atoms with Gasteiger partial charge in [0.1, 0.15) is 0 Å². The zero-order valence-corrected chi connectivity index (χ0v) is 32.0. The fourth-order valence-electron chi connectivity index (χ4n) is 6.88. The maximum atomic E-state index is 13.3. The van der Waals surface area contributed by atoms with Gasteiger partial charge in [-0.1, -0.05) is 114 Å². The minimum Gasteiger partial charge on any atom is -0.465 e. The van der Waals surface area contributed by atoms with Gasteiger partial charge in [0, 0.05) is 30.9 Å². The molecular weight excluding hydrogens is 601 g/mol. The first-order chi connectivity index (χ1) is 23.2. The molecule has 4 nitrogen and oxygen atoms in total. The van der Waals surface area contributed by atoms with E-state index >= 15 is 0 Å². The Balaban J connectivity index is 1.50. The molecule has 0 spiro atoms. The first-order valence-corrected chi connectivity index (χ1v) is 18.3. The van der Waals surface area contributed by atoms with E-state index in [0.717, 1.165) is 51.0 Å². The molecular formula is C45H60N2O2. The number of hydrogen-bond donors (Lipinski definition) is 0. The molecule has 0 radical (unpaired) electrons. The van der Waals surface area contributed by atoms with Gasteiger partial charge in [-0.2, -0.15) is 0 Å². The average molecular weight is 661 g/mol. The van der Waals surface area contributed by atoms with Crippen LogP contribution in [0.1, 0.15) is 116 Å². The van der Waals surface area contributed by atoms with Crippen LogP contribution in [0.5, 0.6) is 0 Å². The van der Waals surface area contributed by atoms with Crippen molar-refractivity contribution >= 4 is 28.5 Å². The van der Waals surface area contributed by atoms with E-state index < -0.39 is 5.41 Å². The molecule has 3 aromatic carbocycles. The highest BCUT2D eigenvalue weighted by Gasteiger charge is 2.47. The summed E-state index contributed by atoms with van der Waals surface area (Å²) in [6.45, 7) is 24.8. The van der Waals surface area contributed by atoms with E-state index in [4.69, 9.17) is 9.73 Å². The molecule has 0 aromatic heterocycles. The van der Waals surface area contributed by atoms with Crippen LogP contribution in [0.4, 0.5) is 5.69 Å². The summed E-state index contributed by atoms with van der Waals surface area (Å²) in [6, 6.07) is 26.5. The number of allylic oxidation sites excluding steroid dienone is 3. The molecule has 0 aliphatic heterocycles. The van der Waals surface area contributed by atoms with Gasteiger partial charge < -0.3 is 9.64 Å². The van der Waals surface area contributed by atoms with Crippen molar-refractivity contribution in [2.45, 2.75) is 94.9 Å². The molecule has 0 N–H and O–H groups in total. The van der Waals surface area contributed by atoms with Crippen molar-refractivity contribution in [2.24, 2.45) is 21.2 Å². The van der Waals surface area contributed by atoms with Crippen molar-refractivity contribution in [3.63, 3.8) is 0 Å². The van der Waals surface area contributed by atoms with Crippen LogP contribution in [-0.2, 0) is 9.53 Å². The number of carbonyl (C=O) groups is 1. The zero-order valence-electron chi connectivity index (χ0n) is 32.0. The maximum Gasteiger partial charge on any atom is 0.312 e. The van der Waals surface area contributed by atoms with Crippen LogP contribution in [0, 0.1) is 23.2 Å². The molecule has 4 rings (SSSR count). The number of esters is 1. The second-order valence-electron chi connectivity index (χ2n) is 16.0. The summed E-state index contributed by atoms with van der Waals surface area (Å²) in [4.78, 5) is 20.7. The number of benzene rings is 3. The predicted molar refractivity (Wildman–Crippen MR) is 211 cm³/mol. The van der Waals surface area contributed by atoms with E-state index in [1.807, 2.05) is 0 Å². The van der Waals surface area contributed by atoms with Crippen LogP contribution < -0.4 is 4.90 Å². The number of fused-ring (bicyclic) bond motifs is 1. The SMILES string of the molecule is CCN(CC)c1ccc(C(=C2C=CC(=NCCCCCOC(=O)C(C)(CC(C)(C)C)C(C)(C)C)c3ccccc32)c2ccc(C)cc2)cc1. The standard InChI is InChI=1S/C45H60N2O2/c1-11-47(12-2)36-26-24-35(25-27-36)41(34-22-20-33(3)21-23-34)39-28-29-40(38-19-15-14-18-37(38)39)46-30-16-13-17-31-49-42(48)45(10,44(7,8)9)32-43(4,5)6/h14-15,18-29H,11-13,16-17,30-32H2,1-10H3. The predicted octanol–water partition coefficient (Wildman–Crippen LogP) is 11.4. The number of unbranched alkanes of at least 4 members (excludes halogenated alkanes) is 2. The summed E-state index contributed by atoms with van der Waals surface area (Å²) in [6.07, 6.45) is 7.98.